The fraction of sp³-hybridized carbons (Fsp3) is 0.423. The Kier molecular flexibility index (Phi) is 4.69. The Morgan fingerprint density at radius 2 is 1.83 bits per heavy atom. The molecule has 1 N–H and O–H groups in total. The van der Waals surface area contributed by atoms with E-state index in [1.165, 1.54) is 22.4 Å². The maximum absolute atomic E-state index is 13.1. The molecule has 0 spiro atoms. The Labute approximate surface area is 173 Å². The van der Waals surface area contributed by atoms with Gasteiger partial charge in [0.1, 0.15) is 0 Å². The lowest BCUT2D eigenvalue weighted by Crippen LogP contribution is -2.38. The van der Waals surface area contributed by atoms with E-state index in [0.29, 0.717) is 17.9 Å². The summed E-state index contributed by atoms with van der Waals surface area (Å²) in [5.74, 6) is 1.81. The molecule has 0 aromatic heterocycles. The van der Waals surface area contributed by atoms with E-state index < -0.39 is 0 Å². The summed E-state index contributed by atoms with van der Waals surface area (Å²) in [6.45, 7) is 6.19. The van der Waals surface area contributed by atoms with Crippen molar-refractivity contribution in [1.29, 1.82) is 0 Å². The third-order valence-corrected chi connectivity index (χ3v) is 7.12. The normalized spacial score (nSPS) is 26.0. The van der Waals surface area contributed by atoms with Gasteiger partial charge >= 0.3 is 0 Å². The van der Waals surface area contributed by atoms with Gasteiger partial charge in [0.2, 0.25) is 0 Å². The summed E-state index contributed by atoms with van der Waals surface area (Å²) < 4.78 is 0. The monoisotopic (exact) mass is 386 g/mol. The second-order valence-electron chi connectivity index (χ2n) is 9.16. The van der Waals surface area contributed by atoms with E-state index in [4.69, 9.17) is 0 Å². The summed E-state index contributed by atoms with van der Waals surface area (Å²) in [5, 5.41) is 3.79. The van der Waals surface area contributed by atoms with Gasteiger partial charge in [-0.3, -0.25) is 4.79 Å². The first kappa shape index (κ1) is 18.5. The molecule has 1 fully saturated rings. The number of hydrogen-bond acceptors (Lipinski definition) is 2. The molecule has 2 aromatic carbocycles. The predicted octanol–water partition coefficient (Wildman–Crippen LogP) is 5.69. The SMILES string of the molecule is Cc1ccc(C2Nc3ccc(C(=O)N4CCC(C)CC4)cc3C3C=CCC32)cc1. The molecule has 3 nitrogen and oxygen atoms in total. The number of allylic oxidation sites excluding steroid dienone is 2. The van der Waals surface area contributed by atoms with Crippen molar-refractivity contribution in [3.63, 3.8) is 0 Å². The van der Waals surface area contributed by atoms with Gasteiger partial charge < -0.3 is 10.2 Å². The van der Waals surface area contributed by atoms with E-state index in [9.17, 15) is 4.79 Å². The third-order valence-electron chi connectivity index (χ3n) is 7.12. The summed E-state index contributed by atoms with van der Waals surface area (Å²) in [6, 6.07) is 15.5. The number of aryl methyl sites for hydroxylation is 1. The number of nitrogens with zero attached hydrogens (tertiary/aromatic N) is 1. The predicted molar refractivity (Wildman–Crippen MR) is 118 cm³/mol. The zero-order valence-corrected chi connectivity index (χ0v) is 17.4. The summed E-state index contributed by atoms with van der Waals surface area (Å²) in [4.78, 5) is 15.1. The van der Waals surface area contributed by atoms with Crippen molar-refractivity contribution in [3.8, 4) is 0 Å². The topological polar surface area (TPSA) is 32.3 Å². The van der Waals surface area contributed by atoms with Crippen LogP contribution in [0.15, 0.2) is 54.6 Å². The van der Waals surface area contributed by atoms with E-state index in [0.717, 1.165) is 43.8 Å². The summed E-state index contributed by atoms with van der Waals surface area (Å²) in [5.41, 5.74) is 5.94. The molecule has 3 heteroatoms. The highest BCUT2D eigenvalue weighted by Crippen LogP contribution is 2.50. The molecule has 0 saturated carbocycles. The minimum Gasteiger partial charge on any atom is -0.378 e. The Morgan fingerprint density at radius 3 is 2.59 bits per heavy atom. The van der Waals surface area contributed by atoms with Gasteiger partial charge in [-0.1, -0.05) is 48.9 Å². The number of rotatable bonds is 2. The second kappa shape index (κ2) is 7.37. The van der Waals surface area contributed by atoms with Crippen LogP contribution in [0.5, 0.6) is 0 Å². The number of carbonyl (C=O) groups is 1. The molecule has 150 valence electrons. The van der Waals surface area contributed by atoms with Crippen molar-refractivity contribution in [3.05, 3.63) is 76.9 Å². The molecule has 1 amide bonds. The number of nitrogens with one attached hydrogen (secondary N) is 1. The molecule has 3 aliphatic rings. The van der Waals surface area contributed by atoms with Gasteiger partial charge in [-0.15, -0.1) is 0 Å². The molecule has 29 heavy (non-hydrogen) atoms. The van der Waals surface area contributed by atoms with Gasteiger partial charge in [-0.25, -0.2) is 0 Å². The smallest absolute Gasteiger partial charge is 0.253 e. The van der Waals surface area contributed by atoms with Gasteiger partial charge in [-0.2, -0.15) is 0 Å². The molecule has 3 atom stereocenters. The van der Waals surface area contributed by atoms with E-state index in [-0.39, 0.29) is 5.91 Å². The second-order valence-corrected chi connectivity index (χ2v) is 9.16. The van der Waals surface area contributed by atoms with Crippen LogP contribution in [0.2, 0.25) is 0 Å². The summed E-state index contributed by atoms with van der Waals surface area (Å²) in [6.07, 6.45) is 7.97. The van der Waals surface area contributed by atoms with Gasteiger partial charge in [0.15, 0.2) is 0 Å². The molecule has 2 aromatic rings. The standard InChI is InChI=1S/C26H30N2O/c1-17-6-8-19(9-7-17)25-22-5-3-4-21(22)23-16-20(10-11-24(23)27-25)26(29)28-14-12-18(2)13-15-28/h3-4,6-11,16,18,21-22,25,27H,5,12-15H2,1-2H3. The molecule has 0 bridgehead atoms. The minimum atomic E-state index is 0.193. The highest BCUT2D eigenvalue weighted by Gasteiger charge is 2.38. The van der Waals surface area contributed by atoms with Crippen molar-refractivity contribution >= 4 is 11.6 Å². The fourth-order valence-electron chi connectivity index (χ4n) is 5.23. The minimum absolute atomic E-state index is 0.193. The highest BCUT2D eigenvalue weighted by atomic mass is 16.2. The lowest BCUT2D eigenvalue weighted by Gasteiger charge is -2.38. The Morgan fingerprint density at radius 1 is 1.07 bits per heavy atom. The maximum atomic E-state index is 13.1. The molecule has 3 unspecified atom stereocenters. The first-order chi connectivity index (χ1) is 14.1. The maximum Gasteiger partial charge on any atom is 0.253 e. The molecular weight excluding hydrogens is 356 g/mol. The van der Waals surface area contributed by atoms with Crippen LogP contribution in [-0.4, -0.2) is 23.9 Å². The van der Waals surface area contributed by atoms with Crippen LogP contribution >= 0.6 is 0 Å². The van der Waals surface area contributed by atoms with Crippen molar-refractivity contribution in [1.82, 2.24) is 4.90 Å². The van der Waals surface area contributed by atoms with Gasteiger partial charge in [0.25, 0.3) is 5.91 Å². The van der Waals surface area contributed by atoms with Crippen LogP contribution in [0.25, 0.3) is 0 Å². The zero-order valence-electron chi connectivity index (χ0n) is 17.4. The van der Waals surface area contributed by atoms with Crippen LogP contribution in [0, 0.1) is 18.8 Å². The summed E-state index contributed by atoms with van der Waals surface area (Å²) >= 11 is 0. The molecule has 2 heterocycles. The number of hydrogen-bond donors (Lipinski definition) is 1. The number of benzene rings is 2. The largest absolute Gasteiger partial charge is 0.378 e. The molecule has 5 rings (SSSR count). The molecular formula is C26H30N2O. The molecule has 2 aliphatic heterocycles. The number of amides is 1. The van der Waals surface area contributed by atoms with Crippen molar-refractivity contribution in [2.75, 3.05) is 18.4 Å². The first-order valence-electron chi connectivity index (χ1n) is 11.0. The Bertz CT molecular complexity index is 938. The van der Waals surface area contributed by atoms with Crippen LogP contribution < -0.4 is 5.32 Å². The van der Waals surface area contributed by atoms with Gasteiger partial charge in [-0.05, 0) is 67.3 Å². The molecule has 1 saturated heterocycles. The van der Waals surface area contributed by atoms with Gasteiger partial charge in [0, 0.05) is 30.3 Å². The van der Waals surface area contributed by atoms with Crippen LogP contribution in [-0.2, 0) is 0 Å². The van der Waals surface area contributed by atoms with E-state index in [1.807, 2.05) is 11.0 Å². The number of likely N-dealkylation sites (tertiary alicyclic amines) is 1. The summed E-state index contributed by atoms with van der Waals surface area (Å²) in [7, 11) is 0. The Balaban J connectivity index is 1.44. The van der Waals surface area contributed by atoms with Crippen molar-refractivity contribution < 1.29 is 4.79 Å². The fourth-order valence-corrected chi connectivity index (χ4v) is 5.23. The number of piperidine rings is 1. The third kappa shape index (κ3) is 3.37. The Hall–Kier alpha value is -2.55. The van der Waals surface area contributed by atoms with Crippen molar-refractivity contribution in [2.24, 2.45) is 11.8 Å². The highest BCUT2D eigenvalue weighted by molar-refractivity contribution is 5.95. The van der Waals surface area contributed by atoms with Crippen LogP contribution in [0.4, 0.5) is 5.69 Å². The number of carbonyl (C=O) groups excluding carboxylic acids is 1. The zero-order chi connectivity index (χ0) is 20.0. The quantitative estimate of drug-likeness (QED) is 0.672. The molecule has 1 aliphatic carbocycles. The first-order valence-corrected chi connectivity index (χ1v) is 11.0. The lowest BCUT2D eigenvalue weighted by molar-refractivity contribution is 0.0697. The average Bonchev–Trinajstić information content (AvgIpc) is 3.24. The van der Waals surface area contributed by atoms with Crippen LogP contribution in [0.3, 0.4) is 0 Å². The lowest BCUT2D eigenvalue weighted by atomic mass is 9.76. The van der Waals surface area contributed by atoms with E-state index in [2.05, 4.69) is 67.7 Å². The van der Waals surface area contributed by atoms with Crippen molar-refractivity contribution in [2.45, 2.75) is 45.1 Å². The average molecular weight is 387 g/mol. The van der Waals surface area contributed by atoms with E-state index in [1.54, 1.807) is 0 Å². The molecule has 0 radical (unpaired) electrons. The van der Waals surface area contributed by atoms with Gasteiger partial charge in [0.05, 0.1) is 6.04 Å². The van der Waals surface area contributed by atoms with Crippen LogP contribution in [0.1, 0.15) is 65.2 Å². The van der Waals surface area contributed by atoms with E-state index >= 15 is 0 Å². The number of anilines is 1. The number of fused-ring (bicyclic) bond motifs is 3.